The second-order valence-electron chi connectivity index (χ2n) is 6.66. The summed E-state index contributed by atoms with van der Waals surface area (Å²) < 4.78 is 16.2. The van der Waals surface area contributed by atoms with Gasteiger partial charge in [0.1, 0.15) is 0 Å². The number of hydrogen-bond donors (Lipinski definition) is 1. The Balaban J connectivity index is 1.80. The number of non-ortho nitro benzene ring substituents is 1. The van der Waals surface area contributed by atoms with E-state index in [9.17, 15) is 14.9 Å². The SMILES string of the molecule is CCOc1ccc(CNC(=O)c2cc([N+](=O)[O-])ccc2N2CCOCC2)cc1OC. The van der Waals surface area contributed by atoms with Gasteiger partial charge in [0.2, 0.25) is 0 Å². The summed E-state index contributed by atoms with van der Waals surface area (Å²) in [6.45, 7) is 4.98. The number of benzene rings is 2. The van der Waals surface area contributed by atoms with Crippen molar-refractivity contribution in [1.29, 1.82) is 0 Å². The zero-order valence-electron chi connectivity index (χ0n) is 17.1. The quantitative estimate of drug-likeness (QED) is 0.522. The van der Waals surface area contributed by atoms with Crippen molar-refractivity contribution < 1.29 is 23.9 Å². The molecule has 0 aromatic heterocycles. The third-order valence-electron chi connectivity index (χ3n) is 4.77. The van der Waals surface area contributed by atoms with Crippen molar-refractivity contribution in [1.82, 2.24) is 5.32 Å². The second kappa shape index (κ2) is 9.93. The van der Waals surface area contributed by atoms with Crippen LogP contribution in [0.4, 0.5) is 11.4 Å². The summed E-state index contributed by atoms with van der Waals surface area (Å²) in [7, 11) is 1.55. The van der Waals surface area contributed by atoms with Gasteiger partial charge in [0.05, 0.1) is 43.1 Å². The van der Waals surface area contributed by atoms with E-state index in [0.29, 0.717) is 50.1 Å². The monoisotopic (exact) mass is 415 g/mol. The van der Waals surface area contributed by atoms with E-state index in [1.165, 1.54) is 12.1 Å². The summed E-state index contributed by atoms with van der Waals surface area (Å²) in [4.78, 5) is 25.6. The lowest BCUT2D eigenvalue weighted by molar-refractivity contribution is -0.384. The molecule has 0 radical (unpaired) electrons. The van der Waals surface area contributed by atoms with Gasteiger partial charge >= 0.3 is 0 Å². The number of methoxy groups -OCH3 is 1. The largest absolute Gasteiger partial charge is 0.493 e. The van der Waals surface area contributed by atoms with Crippen LogP contribution in [0.3, 0.4) is 0 Å². The topological polar surface area (TPSA) is 103 Å². The molecule has 0 atom stereocenters. The minimum absolute atomic E-state index is 0.125. The molecule has 2 aromatic carbocycles. The molecule has 0 unspecified atom stereocenters. The Bertz CT molecular complexity index is 912. The van der Waals surface area contributed by atoms with Crippen molar-refractivity contribution in [2.45, 2.75) is 13.5 Å². The summed E-state index contributed by atoms with van der Waals surface area (Å²) in [5.41, 5.74) is 1.62. The molecule has 160 valence electrons. The summed E-state index contributed by atoms with van der Waals surface area (Å²) in [6.07, 6.45) is 0. The lowest BCUT2D eigenvalue weighted by Gasteiger charge is -2.30. The summed E-state index contributed by atoms with van der Waals surface area (Å²) >= 11 is 0. The van der Waals surface area contributed by atoms with Gasteiger partial charge in [-0.25, -0.2) is 0 Å². The normalized spacial score (nSPS) is 13.6. The van der Waals surface area contributed by atoms with Crippen LogP contribution in [0.5, 0.6) is 11.5 Å². The van der Waals surface area contributed by atoms with E-state index in [1.54, 1.807) is 25.3 Å². The number of carbonyl (C=O) groups excluding carboxylic acids is 1. The van der Waals surface area contributed by atoms with Crippen molar-refractivity contribution in [2.75, 3.05) is 44.9 Å². The maximum absolute atomic E-state index is 12.9. The van der Waals surface area contributed by atoms with Gasteiger partial charge in [-0.1, -0.05) is 6.07 Å². The lowest BCUT2D eigenvalue weighted by Crippen LogP contribution is -2.38. The standard InChI is InChI=1S/C21H25N3O6/c1-3-30-19-7-4-15(12-20(19)28-2)14-22-21(25)17-13-16(24(26)27)5-6-18(17)23-8-10-29-11-9-23/h4-7,12-13H,3,8-11,14H2,1-2H3,(H,22,25). The Labute approximate surface area is 174 Å². The highest BCUT2D eigenvalue weighted by Crippen LogP contribution is 2.29. The molecule has 1 heterocycles. The highest BCUT2D eigenvalue weighted by atomic mass is 16.6. The first-order valence-electron chi connectivity index (χ1n) is 9.72. The third kappa shape index (κ3) is 4.98. The molecule has 1 fully saturated rings. The fraction of sp³-hybridized carbons (Fsp3) is 0.381. The molecule has 2 aromatic rings. The molecular weight excluding hydrogens is 390 g/mol. The maximum atomic E-state index is 12.9. The minimum Gasteiger partial charge on any atom is -0.493 e. The average Bonchev–Trinajstić information content (AvgIpc) is 2.78. The first-order chi connectivity index (χ1) is 14.5. The van der Waals surface area contributed by atoms with Crippen molar-refractivity contribution in [3.05, 3.63) is 57.6 Å². The van der Waals surface area contributed by atoms with Crippen LogP contribution in [0.25, 0.3) is 0 Å². The number of nitrogens with zero attached hydrogens (tertiary/aromatic N) is 2. The predicted molar refractivity (Wildman–Crippen MR) is 111 cm³/mol. The highest BCUT2D eigenvalue weighted by Gasteiger charge is 2.22. The molecule has 1 N–H and O–H groups in total. The molecule has 9 nitrogen and oxygen atoms in total. The molecule has 1 saturated heterocycles. The van der Waals surface area contributed by atoms with Gasteiger partial charge in [-0.05, 0) is 30.7 Å². The first-order valence-corrected chi connectivity index (χ1v) is 9.72. The Hall–Kier alpha value is -3.33. The van der Waals surface area contributed by atoms with E-state index >= 15 is 0 Å². The fourth-order valence-electron chi connectivity index (χ4n) is 3.27. The van der Waals surface area contributed by atoms with Crippen LogP contribution in [-0.4, -0.2) is 50.9 Å². The molecule has 0 spiro atoms. The maximum Gasteiger partial charge on any atom is 0.270 e. The minimum atomic E-state index is -0.503. The van der Waals surface area contributed by atoms with E-state index in [2.05, 4.69) is 5.32 Å². The molecule has 9 heteroatoms. The van der Waals surface area contributed by atoms with Crippen LogP contribution in [0.2, 0.25) is 0 Å². The van der Waals surface area contributed by atoms with Crippen LogP contribution < -0.4 is 19.7 Å². The number of rotatable bonds is 8. The number of nitro groups is 1. The van der Waals surface area contributed by atoms with Gasteiger partial charge in [0.25, 0.3) is 11.6 Å². The van der Waals surface area contributed by atoms with Crippen molar-refractivity contribution in [3.8, 4) is 11.5 Å². The van der Waals surface area contributed by atoms with Gasteiger partial charge in [0.15, 0.2) is 11.5 Å². The van der Waals surface area contributed by atoms with Gasteiger partial charge in [-0.2, -0.15) is 0 Å². The number of ether oxygens (including phenoxy) is 3. The predicted octanol–water partition coefficient (Wildman–Crippen LogP) is 2.77. The molecule has 0 saturated carbocycles. The number of hydrogen-bond acceptors (Lipinski definition) is 7. The van der Waals surface area contributed by atoms with E-state index in [0.717, 1.165) is 5.56 Å². The smallest absolute Gasteiger partial charge is 0.270 e. The Kier molecular flexibility index (Phi) is 7.08. The second-order valence-corrected chi connectivity index (χ2v) is 6.66. The van der Waals surface area contributed by atoms with Crippen LogP contribution in [0.1, 0.15) is 22.8 Å². The zero-order chi connectivity index (χ0) is 21.5. The summed E-state index contributed by atoms with van der Waals surface area (Å²) in [6, 6.07) is 9.78. The molecule has 1 aliphatic rings. The number of amides is 1. The number of anilines is 1. The van der Waals surface area contributed by atoms with Crippen LogP contribution in [0.15, 0.2) is 36.4 Å². The van der Waals surface area contributed by atoms with E-state index in [4.69, 9.17) is 14.2 Å². The number of carbonyl (C=O) groups is 1. The van der Waals surface area contributed by atoms with Gasteiger partial charge in [-0.3, -0.25) is 14.9 Å². The molecule has 1 amide bonds. The molecular formula is C21H25N3O6. The summed E-state index contributed by atoms with van der Waals surface area (Å²) in [5.74, 6) is 0.823. The van der Waals surface area contributed by atoms with Gasteiger partial charge in [-0.15, -0.1) is 0 Å². The number of nitro benzene ring substituents is 1. The van der Waals surface area contributed by atoms with Crippen LogP contribution >= 0.6 is 0 Å². The average molecular weight is 415 g/mol. The lowest BCUT2D eigenvalue weighted by atomic mass is 10.1. The molecule has 3 rings (SSSR count). The van der Waals surface area contributed by atoms with E-state index < -0.39 is 4.92 Å². The van der Waals surface area contributed by atoms with E-state index in [1.807, 2.05) is 17.9 Å². The highest BCUT2D eigenvalue weighted by molar-refractivity contribution is 6.00. The Morgan fingerprint density at radius 1 is 1.20 bits per heavy atom. The third-order valence-corrected chi connectivity index (χ3v) is 4.77. The van der Waals surface area contributed by atoms with Crippen LogP contribution in [0, 0.1) is 10.1 Å². The van der Waals surface area contributed by atoms with Crippen molar-refractivity contribution >= 4 is 17.3 Å². The van der Waals surface area contributed by atoms with Crippen molar-refractivity contribution in [2.24, 2.45) is 0 Å². The Morgan fingerprint density at radius 3 is 2.63 bits per heavy atom. The molecule has 0 aliphatic carbocycles. The number of morpholine rings is 1. The first kappa shape index (κ1) is 21.4. The summed E-state index contributed by atoms with van der Waals surface area (Å²) in [5, 5.41) is 14.1. The zero-order valence-corrected chi connectivity index (χ0v) is 17.1. The molecule has 30 heavy (non-hydrogen) atoms. The van der Waals surface area contributed by atoms with Crippen LogP contribution in [-0.2, 0) is 11.3 Å². The molecule has 1 aliphatic heterocycles. The number of nitrogens with one attached hydrogen (secondary N) is 1. The Morgan fingerprint density at radius 2 is 1.97 bits per heavy atom. The fourth-order valence-corrected chi connectivity index (χ4v) is 3.27. The van der Waals surface area contributed by atoms with Gasteiger partial charge < -0.3 is 24.4 Å². The van der Waals surface area contributed by atoms with Crippen molar-refractivity contribution in [3.63, 3.8) is 0 Å². The van der Waals surface area contributed by atoms with Gasteiger partial charge in [0, 0.05) is 31.8 Å². The molecule has 0 bridgehead atoms. The van der Waals surface area contributed by atoms with E-state index in [-0.39, 0.29) is 23.7 Å².